The molecule has 104 valence electrons. The zero-order valence-electron chi connectivity index (χ0n) is 11.6. The number of amides is 1. The van der Waals surface area contributed by atoms with Crippen molar-refractivity contribution in [2.45, 2.75) is 24.2 Å². The van der Waals surface area contributed by atoms with E-state index in [1.54, 1.807) is 0 Å². The molecule has 1 aliphatic heterocycles. The predicted octanol–water partition coefficient (Wildman–Crippen LogP) is 2.75. The van der Waals surface area contributed by atoms with Gasteiger partial charge in [0.2, 0.25) is 0 Å². The van der Waals surface area contributed by atoms with Gasteiger partial charge in [-0.2, -0.15) is 0 Å². The molecule has 19 heavy (non-hydrogen) atoms. The third-order valence-electron chi connectivity index (χ3n) is 3.84. The van der Waals surface area contributed by atoms with Gasteiger partial charge in [-0.15, -0.1) is 0 Å². The smallest absolute Gasteiger partial charge is 0.253 e. The van der Waals surface area contributed by atoms with Crippen LogP contribution in [0.3, 0.4) is 0 Å². The molecular formula is C15H21BrN2O. The number of hydrogen-bond acceptors (Lipinski definition) is 2. The van der Waals surface area contributed by atoms with Gasteiger partial charge in [0, 0.05) is 30.0 Å². The summed E-state index contributed by atoms with van der Waals surface area (Å²) in [5, 5.41) is 0.829. The summed E-state index contributed by atoms with van der Waals surface area (Å²) in [7, 11) is 4.22. The first-order valence-electron chi connectivity index (χ1n) is 6.72. The Bertz CT molecular complexity index is 422. The van der Waals surface area contributed by atoms with Crippen LogP contribution in [0.5, 0.6) is 0 Å². The van der Waals surface area contributed by atoms with E-state index in [0.29, 0.717) is 6.04 Å². The molecule has 0 unspecified atom stereocenters. The fourth-order valence-electron chi connectivity index (χ4n) is 2.50. The van der Waals surface area contributed by atoms with Gasteiger partial charge in [0.15, 0.2) is 0 Å². The van der Waals surface area contributed by atoms with Gasteiger partial charge in [-0.3, -0.25) is 4.79 Å². The van der Waals surface area contributed by atoms with Crippen molar-refractivity contribution in [2.75, 3.05) is 27.2 Å². The molecular weight excluding hydrogens is 304 g/mol. The maximum atomic E-state index is 12.4. The number of carbonyl (C=O) groups is 1. The quantitative estimate of drug-likeness (QED) is 0.798. The van der Waals surface area contributed by atoms with Gasteiger partial charge in [-0.25, -0.2) is 0 Å². The molecule has 1 saturated heterocycles. The largest absolute Gasteiger partial charge is 0.339 e. The number of nitrogens with zero attached hydrogens (tertiary/aromatic N) is 2. The SMILES string of the molecule is CN(C)C1CCN(C(=O)c2ccc(CBr)cc2)CC1. The number of carbonyl (C=O) groups excluding carboxylic acids is 1. The van der Waals surface area contributed by atoms with Crippen molar-refractivity contribution in [3.8, 4) is 0 Å². The third kappa shape index (κ3) is 3.57. The molecule has 0 atom stereocenters. The Balaban J connectivity index is 1.97. The molecule has 1 aromatic rings. The van der Waals surface area contributed by atoms with E-state index in [4.69, 9.17) is 0 Å². The Morgan fingerprint density at radius 1 is 1.26 bits per heavy atom. The van der Waals surface area contributed by atoms with E-state index in [9.17, 15) is 4.79 Å². The van der Waals surface area contributed by atoms with E-state index in [-0.39, 0.29) is 5.91 Å². The highest BCUT2D eigenvalue weighted by molar-refractivity contribution is 9.08. The van der Waals surface area contributed by atoms with Crippen molar-refractivity contribution in [3.63, 3.8) is 0 Å². The summed E-state index contributed by atoms with van der Waals surface area (Å²) < 4.78 is 0. The Morgan fingerprint density at radius 2 is 1.84 bits per heavy atom. The molecule has 3 nitrogen and oxygen atoms in total. The molecule has 0 aromatic heterocycles. The number of likely N-dealkylation sites (tertiary alicyclic amines) is 1. The van der Waals surface area contributed by atoms with Crippen LogP contribution in [-0.2, 0) is 5.33 Å². The van der Waals surface area contributed by atoms with Crippen LogP contribution < -0.4 is 0 Å². The van der Waals surface area contributed by atoms with Crippen molar-refractivity contribution < 1.29 is 4.79 Å². The summed E-state index contributed by atoms with van der Waals surface area (Å²) in [6.45, 7) is 1.73. The molecule has 0 spiro atoms. The molecule has 0 N–H and O–H groups in total. The molecule has 4 heteroatoms. The summed E-state index contributed by atoms with van der Waals surface area (Å²) in [6, 6.07) is 8.48. The fraction of sp³-hybridized carbons (Fsp3) is 0.533. The average molecular weight is 325 g/mol. The van der Waals surface area contributed by atoms with E-state index < -0.39 is 0 Å². The first-order valence-corrected chi connectivity index (χ1v) is 7.84. The monoisotopic (exact) mass is 324 g/mol. The predicted molar refractivity (Wildman–Crippen MR) is 81.7 cm³/mol. The van der Waals surface area contributed by atoms with Gasteiger partial charge in [0.25, 0.3) is 5.91 Å². The number of alkyl halides is 1. The first-order chi connectivity index (χ1) is 9.11. The Kier molecular flexibility index (Phi) is 4.99. The molecule has 2 rings (SSSR count). The molecule has 1 aliphatic rings. The summed E-state index contributed by atoms with van der Waals surface area (Å²) in [4.78, 5) is 16.6. The van der Waals surface area contributed by atoms with Gasteiger partial charge in [0.1, 0.15) is 0 Å². The lowest BCUT2D eigenvalue weighted by Gasteiger charge is -2.35. The first kappa shape index (κ1) is 14.5. The van der Waals surface area contributed by atoms with E-state index in [0.717, 1.165) is 36.8 Å². The van der Waals surface area contributed by atoms with Crippen LogP contribution in [0, 0.1) is 0 Å². The highest BCUT2D eigenvalue weighted by Gasteiger charge is 2.24. The molecule has 0 bridgehead atoms. The molecule has 0 radical (unpaired) electrons. The molecule has 0 aliphatic carbocycles. The minimum atomic E-state index is 0.165. The summed E-state index contributed by atoms with van der Waals surface area (Å²) in [6.07, 6.45) is 2.14. The number of benzene rings is 1. The lowest BCUT2D eigenvalue weighted by molar-refractivity contribution is 0.0663. The summed E-state index contributed by atoms with van der Waals surface area (Å²) in [5.74, 6) is 0.165. The minimum absolute atomic E-state index is 0.165. The second-order valence-corrected chi connectivity index (χ2v) is 5.88. The molecule has 0 saturated carbocycles. The van der Waals surface area contributed by atoms with Crippen LogP contribution in [-0.4, -0.2) is 48.9 Å². The maximum Gasteiger partial charge on any atom is 0.253 e. The van der Waals surface area contributed by atoms with Gasteiger partial charge < -0.3 is 9.80 Å². The van der Waals surface area contributed by atoms with Gasteiger partial charge in [-0.05, 0) is 44.6 Å². The van der Waals surface area contributed by atoms with Crippen LogP contribution in [0.25, 0.3) is 0 Å². The van der Waals surface area contributed by atoms with Crippen molar-refractivity contribution in [3.05, 3.63) is 35.4 Å². The summed E-state index contributed by atoms with van der Waals surface area (Å²) >= 11 is 3.42. The van der Waals surface area contributed by atoms with E-state index in [2.05, 4.69) is 34.9 Å². The topological polar surface area (TPSA) is 23.6 Å². The lowest BCUT2D eigenvalue weighted by atomic mass is 10.0. The van der Waals surface area contributed by atoms with Gasteiger partial charge >= 0.3 is 0 Å². The molecule has 1 amide bonds. The second-order valence-electron chi connectivity index (χ2n) is 5.32. The van der Waals surface area contributed by atoms with Crippen LogP contribution in [0.15, 0.2) is 24.3 Å². The Morgan fingerprint density at radius 3 is 2.32 bits per heavy atom. The van der Waals surface area contributed by atoms with Gasteiger partial charge in [0.05, 0.1) is 0 Å². The second kappa shape index (κ2) is 6.53. The number of hydrogen-bond donors (Lipinski definition) is 0. The van der Waals surface area contributed by atoms with Crippen LogP contribution in [0.4, 0.5) is 0 Å². The molecule has 1 fully saturated rings. The minimum Gasteiger partial charge on any atom is -0.339 e. The highest BCUT2D eigenvalue weighted by Crippen LogP contribution is 2.17. The standard InChI is InChI=1S/C15H21BrN2O/c1-17(2)14-7-9-18(10-8-14)15(19)13-5-3-12(11-16)4-6-13/h3-6,14H,7-11H2,1-2H3. The zero-order chi connectivity index (χ0) is 13.8. The van der Waals surface area contributed by atoms with E-state index in [1.807, 2.05) is 29.2 Å². The average Bonchev–Trinajstić information content (AvgIpc) is 2.46. The van der Waals surface area contributed by atoms with Crippen molar-refractivity contribution in [1.82, 2.24) is 9.80 Å². The van der Waals surface area contributed by atoms with Crippen molar-refractivity contribution >= 4 is 21.8 Å². The maximum absolute atomic E-state index is 12.4. The number of rotatable bonds is 3. The normalized spacial score (nSPS) is 16.9. The number of halogens is 1. The van der Waals surface area contributed by atoms with Crippen LogP contribution >= 0.6 is 15.9 Å². The van der Waals surface area contributed by atoms with Gasteiger partial charge in [-0.1, -0.05) is 28.1 Å². The van der Waals surface area contributed by atoms with E-state index in [1.165, 1.54) is 5.56 Å². The lowest BCUT2D eigenvalue weighted by Crippen LogP contribution is -2.44. The molecule has 1 heterocycles. The van der Waals surface area contributed by atoms with Crippen LogP contribution in [0.1, 0.15) is 28.8 Å². The Hall–Kier alpha value is -0.870. The van der Waals surface area contributed by atoms with Crippen molar-refractivity contribution in [2.24, 2.45) is 0 Å². The fourth-order valence-corrected chi connectivity index (χ4v) is 2.88. The third-order valence-corrected chi connectivity index (χ3v) is 4.48. The Labute approximate surface area is 123 Å². The van der Waals surface area contributed by atoms with E-state index >= 15 is 0 Å². The van der Waals surface area contributed by atoms with Crippen LogP contribution in [0.2, 0.25) is 0 Å². The molecule has 1 aromatic carbocycles. The summed E-state index contributed by atoms with van der Waals surface area (Å²) in [5.41, 5.74) is 2.00. The number of piperidine rings is 1. The highest BCUT2D eigenvalue weighted by atomic mass is 79.9. The van der Waals surface area contributed by atoms with Crippen molar-refractivity contribution in [1.29, 1.82) is 0 Å². The zero-order valence-corrected chi connectivity index (χ0v) is 13.2.